The van der Waals surface area contributed by atoms with Gasteiger partial charge in [-0.15, -0.1) is 10.2 Å². The maximum atomic E-state index is 16.0. The summed E-state index contributed by atoms with van der Waals surface area (Å²) >= 11 is 0. The molecule has 5 aromatic carbocycles. The second kappa shape index (κ2) is 19.0. The maximum Gasteiger partial charge on any atom is 0.410 e. The van der Waals surface area contributed by atoms with Gasteiger partial charge in [-0.2, -0.15) is 9.10 Å². The monoisotopic (exact) mass is 974 g/mol. The first-order chi connectivity index (χ1) is 31.6. The van der Waals surface area contributed by atoms with Crippen LogP contribution in [0.1, 0.15) is 37.5 Å². The summed E-state index contributed by atoms with van der Waals surface area (Å²) in [6, 6.07) is 26.8. The number of benzene rings is 5. The van der Waals surface area contributed by atoms with Gasteiger partial charge < -0.3 is 29.6 Å². The van der Waals surface area contributed by atoms with Crippen LogP contribution in [0.4, 0.5) is 10.5 Å². The Hall–Kier alpha value is -6.59. The summed E-state index contributed by atoms with van der Waals surface area (Å²) in [6.45, 7) is 3.89. The Morgan fingerprint density at radius 3 is 1.73 bits per heavy atom. The van der Waals surface area contributed by atoms with Crippen LogP contribution in [-0.2, 0) is 54.3 Å². The van der Waals surface area contributed by atoms with Crippen molar-refractivity contribution in [3.05, 3.63) is 120 Å². The Balaban J connectivity index is 1.50. The summed E-state index contributed by atoms with van der Waals surface area (Å²) in [6.07, 6.45) is -0.740. The molecule has 0 atom stereocenters. The lowest BCUT2D eigenvalue weighted by molar-refractivity contribution is 0.0139. The van der Waals surface area contributed by atoms with Crippen molar-refractivity contribution in [3.8, 4) is 39.8 Å². The molecular formula is C45H50N8O11S3. The van der Waals surface area contributed by atoms with Crippen LogP contribution in [0.15, 0.2) is 118 Å². The van der Waals surface area contributed by atoms with Crippen molar-refractivity contribution >= 4 is 41.7 Å². The summed E-state index contributed by atoms with van der Waals surface area (Å²) < 4.78 is 111. The molecule has 19 nitrogen and oxygen atoms in total. The van der Waals surface area contributed by atoms with E-state index in [0.717, 1.165) is 10.4 Å². The van der Waals surface area contributed by atoms with E-state index in [4.69, 9.17) is 29.8 Å². The van der Waals surface area contributed by atoms with Crippen molar-refractivity contribution in [3.63, 3.8) is 0 Å². The minimum Gasteiger partial charge on any atom is -0.497 e. The molecule has 0 unspecified atom stereocenters. The number of anilines is 1. The largest absolute Gasteiger partial charge is 0.497 e. The number of likely N-dealkylation sites (tertiary alicyclic amines) is 1. The molecule has 22 heteroatoms. The number of nitrogens with two attached hydrogens (primary N) is 2. The number of tetrazole rings is 1. The Morgan fingerprint density at radius 2 is 1.24 bits per heavy atom. The number of sulfonamides is 2. The van der Waals surface area contributed by atoms with Crippen LogP contribution >= 0.6 is 0 Å². The number of nitrogen functional groups attached to an aromatic ring is 1. The Labute approximate surface area is 389 Å². The lowest BCUT2D eigenvalue weighted by Crippen LogP contribution is -2.57. The average Bonchev–Trinajstić information content (AvgIpc) is 3.72. The van der Waals surface area contributed by atoms with E-state index in [-0.39, 0.29) is 60.9 Å². The molecule has 1 fully saturated rings. The molecule has 4 N–H and O–H groups in total. The van der Waals surface area contributed by atoms with Crippen LogP contribution in [0, 0.1) is 0 Å². The minimum absolute atomic E-state index is 0.0231. The van der Waals surface area contributed by atoms with E-state index in [9.17, 15) is 13.2 Å². The van der Waals surface area contributed by atoms with E-state index in [1.807, 2.05) is 0 Å². The average molecular weight is 975 g/mol. The molecule has 1 aromatic heterocycles. The number of primary sulfonamides is 1. The first-order valence-electron chi connectivity index (χ1n) is 20.6. The molecule has 0 spiro atoms. The van der Waals surface area contributed by atoms with Gasteiger partial charge in [0.15, 0.2) is 9.84 Å². The van der Waals surface area contributed by atoms with Crippen LogP contribution in [0.2, 0.25) is 0 Å². The normalized spacial score (nSPS) is 13.6. The van der Waals surface area contributed by atoms with Gasteiger partial charge in [0, 0.05) is 31.7 Å². The first kappa shape index (κ1) is 48.3. The van der Waals surface area contributed by atoms with Crippen LogP contribution in [-0.4, -0.2) is 106 Å². The molecule has 1 aliphatic heterocycles. The molecular weight excluding hydrogens is 925 g/mol. The van der Waals surface area contributed by atoms with Crippen LogP contribution in [0.3, 0.4) is 0 Å². The minimum atomic E-state index is -5.06. The lowest BCUT2D eigenvalue weighted by atomic mass is 9.97. The van der Waals surface area contributed by atoms with E-state index in [1.165, 1.54) is 55.3 Å². The maximum absolute atomic E-state index is 16.0. The fourth-order valence-corrected chi connectivity index (χ4v) is 12.1. The molecule has 7 rings (SSSR count). The van der Waals surface area contributed by atoms with Gasteiger partial charge in [-0.1, -0.05) is 54.6 Å². The van der Waals surface area contributed by atoms with Gasteiger partial charge >= 0.3 is 6.09 Å². The first-order valence-corrected chi connectivity index (χ1v) is 25.1. The highest BCUT2D eigenvalue weighted by molar-refractivity contribution is 7.94. The number of hydrogen-bond donors (Lipinski definition) is 2. The van der Waals surface area contributed by atoms with Gasteiger partial charge in [0.25, 0.3) is 0 Å². The van der Waals surface area contributed by atoms with E-state index >= 15 is 16.8 Å². The van der Waals surface area contributed by atoms with E-state index in [2.05, 4.69) is 15.4 Å². The number of hydrogen-bond acceptors (Lipinski definition) is 15. The Bertz CT molecular complexity index is 3070. The van der Waals surface area contributed by atoms with Crippen molar-refractivity contribution in [2.75, 3.05) is 40.2 Å². The number of ether oxygens (including phenoxy) is 4. The van der Waals surface area contributed by atoms with E-state index in [0.29, 0.717) is 33.9 Å². The van der Waals surface area contributed by atoms with Crippen molar-refractivity contribution < 1.29 is 49.0 Å². The van der Waals surface area contributed by atoms with Crippen molar-refractivity contribution in [2.24, 2.45) is 5.14 Å². The van der Waals surface area contributed by atoms with E-state index < -0.39 is 61.5 Å². The predicted molar refractivity (Wildman–Crippen MR) is 248 cm³/mol. The second-order valence-corrected chi connectivity index (χ2v) is 22.2. The predicted octanol–water partition coefficient (Wildman–Crippen LogP) is 5.09. The third-order valence-corrected chi connectivity index (χ3v) is 15.9. The number of sulfone groups is 1. The molecule has 0 saturated carbocycles. The molecule has 0 aliphatic carbocycles. The quantitative estimate of drug-likeness (QED) is 0.120. The van der Waals surface area contributed by atoms with Crippen molar-refractivity contribution in [1.29, 1.82) is 0 Å². The van der Waals surface area contributed by atoms with E-state index in [1.54, 1.807) is 93.6 Å². The van der Waals surface area contributed by atoms with Gasteiger partial charge in [0.2, 0.25) is 25.9 Å². The smallest absolute Gasteiger partial charge is 0.410 e. The third kappa shape index (κ3) is 10.5. The topological polar surface area (TPSA) is 259 Å². The fourth-order valence-electron chi connectivity index (χ4n) is 7.34. The Kier molecular flexibility index (Phi) is 13.7. The van der Waals surface area contributed by atoms with Crippen molar-refractivity contribution in [1.82, 2.24) is 29.4 Å². The highest BCUT2D eigenvalue weighted by atomic mass is 32.2. The zero-order valence-corrected chi connectivity index (χ0v) is 39.9. The van der Waals surface area contributed by atoms with Crippen LogP contribution in [0.5, 0.6) is 17.2 Å². The molecule has 0 bridgehead atoms. The van der Waals surface area contributed by atoms with Gasteiger partial charge in [0.1, 0.15) is 37.9 Å². The number of para-hydroxylation sites is 1. The van der Waals surface area contributed by atoms with Crippen LogP contribution < -0.4 is 25.1 Å². The molecule has 0 radical (unpaired) electrons. The number of methoxy groups -OCH3 is 3. The number of carbonyl (C=O) groups is 1. The summed E-state index contributed by atoms with van der Waals surface area (Å²) in [4.78, 5) is 13.6. The highest BCUT2D eigenvalue weighted by Gasteiger charge is 2.46. The third-order valence-electron chi connectivity index (χ3n) is 10.8. The summed E-state index contributed by atoms with van der Waals surface area (Å²) in [5.41, 5.74) is 6.66. The summed E-state index contributed by atoms with van der Waals surface area (Å²) in [5, 5.41) is 17.5. The SMILES string of the molecule is COc1ccc(CN(Cc2ccc(OC)cc2)S(=O)(=O)c2c(S(=O)(=O)C3CN(C(=O)OC(C)(C)C)C3)ccc(-c3cccc(S(N)(=O)=O)c3N)c2-c2nnn(Cc3ccc(OC)cc3)n2)cc1. The fraction of sp³-hybridized carbons (Fsp3) is 0.289. The van der Waals surface area contributed by atoms with Gasteiger partial charge in [-0.3, -0.25) is 0 Å². The molecule has 1 aliphatic rings. The Morgan fingerprint density at radius 1 is 0.716 bits per heavy atom. The highest BCUT2D eigenvalue weighted by Crippen LogP contribution is 2.45. The lowest BCUT2D eigenvalue weighted by Gasteiger charge is -2.39. The molecule has 1 amide bonds. The van der Waals surface area contributed by atoms with Crippen molar-refractivity contribution in [2.45, 2.75) is 65.9 Å². The number of amides is 1. The molecule has 1 saturated heterocycles. The molecule has 67 heavy (non-hydrogen) atoms. The zero-order valence-electron chi connectivity index (χ0n) is 37.5. The second-order valence-electron chi connectivity index (χ2n) is 16.6. The standard InChI is InChI=1S/C45H50N8O11S3/c1-45(2,3)64-44(54)51-27-35(28-51)65(55,56)39-23-22-36(37-8-7-9-38(41(37)46)66(47,57)58)40(43-48-50-53(49-43)26-31-14-20-34(63-6)21-15-31)42(39)67(59,60)52(24-29-10-16-32(61-4)17-11-29)25-30-12-18-33(62-5)19-13-30/h7-23,35H,24-28,46H2,1-6H3,(H2,47,57,58). The zero-order chi connectivity index (χ0) is 48.5. The molecule has 354 valence electrons. The molecule has 2 heterocycles. The number of rotatable bonds is 16. The number of aromatic nitrogens is 4. The van der Waals surface area contributed by atoms with Gasteiger partial charge in [-0.25, -0.2) is 35.2 Å². The molecule has 6 aromatic rings. The summed E-state index contributed by atoms with van der Waals surface area (Å²) in [5.74, 6) is 1.29. The number of nitrogens with zero attached hydrogens (tertiary/aromatic N) is 6. The van der Waals surface area contributed by atoms with Crippen LogP contribution in [0.25, 0.3) is 22.5 Å². The van der Waals surface area contributed by atoms with Gasteiger partial charge in [-0.05, 0) is 96.8 Å². The summed E-state index contributed by atoms with van der Waals surface area (Å²) in [7, 11) is -9.65. The number of carbonyl (C=O) groups excluding carboxylic acids is 1. The van der Waals surface area contributed by atoms with Gasteiger partial charge in [0.05, 0.1) is 44.0 Å².